The minimum Gasteiger partial charge on any atom is -0.436 e. The molecule has 4 aromatic carbocycles. The van der Waals surface area contributed by atoms with Crippen molar-refractivity contribution in [3.63, 3.8) is 0 Å². The van der Waals surface area contributed by atoms with Crippen LogP contribution in [0.5, 0.6) is 0 Å². The molecule has 0 bridgehead atoms. The van der Waals surface area contributed by atoms with Gasteiger partial charge in [-0.3, -0.25) is 0 Å². The Morgan fingerprint density at radius 2 is 1.29 bits per heavy atom. The number of hydrogen-bond acceptors (Lipinski definition) is 2. The largest absolute Gasteiger partial charge is 0.436 e. The molecule has 0 fully saturated rings. The zero-order valence-electron chi connectivity index (χ0n) is 15.0. The van der Waals surface area contributed by atoms with E-state index >= 15 is 0 Å². The molecule has 5 aromatic rings. The molecule has 0 aliphatic rings. The normalized spacial score (nSPS) is 11.0. The fourth-order valence-electron chi connectivity index (χ4n) is 3.40. The van der Waals surface area contributed by atoms with Gasteiger partial charge in [0, 0.05) is 16.1 Å². The van der Waals surface area contributed by atoms with Gasteiger partial charge < -0.3 is 4.42 Å². The van der Waals surface area contributed by atoms with Crippen LogP contribution >= 0.6 is 11.6 Å². The third kappa shape index (κ3) is 3.08. The van der Waals surface area contributed by atoms with E-state index in [0.29, 0.717) is 10.9 Å². The van der Waals surface area contributed by atoms with Crippen LogP contribution in [-0.4, -0.2) is 4.98 Å². The summed E-state index contributed by atoms with van der Waals surface area (Å²) in [7, 11) is 0. The molecule has 0 spiro atoms. The average Bonchev–Trinajstić information content (AvgIpc) is 3.19. The standard InChI is InChI=1S/C25H16ClNO/c26-21-9-4-8-20(16-21)25-27-24-22(10-5-11-23(24)28-25)19-14-12-18(13-15-19)17-6-2-1-3-7-17/h1-16H. The highest BCUT2D eigenvalue weighted by atomic mass is 35.5. The molecule has 0 aliphatic heterocycles. The summed E-state index contributed by atoms with van der Waals surface area (Å²) in [6.45, 7) is 0. The second-order valence-corrected chi connectivity index (χ2v) is 7.06. The molecular weight excluding hydrogens is 366 g/mol. The van der Waals surface area contributed by atoms with Crippen LogP contribution in [0.15, 0.2) is 101 Å². The SMILES string of the molecule is Clc1cccc(-c2nc3c(-c4ccc(-c5ccccc5)cc4)cccc3o2)c1. The van der Waals surface area contributed by atoms with E-state index in [1.54, 1.807) is 0 Å². The average molecular weight is 382 g/mol. The molecule has 0 saturated carbocycles. The molecule has 134 valence electrons. The van der Waals surface area contributed by atoms with Crippen LogP contribution in [0.3, 0.4) is 0 Å². The zero-order chi connectivity index (χ0) is 18.9. The lowest BCUT2D eigenvalue weighted by Crippen LogP contribution is -1.82. The van der Waals surface area contributed by atoms with Gasteiger partial charge in [0.1, 0.15) is 5.52 Å². The highest BCUT2D eigenvalue weighted by molar-refractivity contribution is 6.30. The highest BCUT2D eigenvalue weighted by Gasteiger charge is 2.13. The van der Waals surface area contributed by atoms with E-state index in [2.05, 4.69) is 54.6 Å². The Hall–Kier alpha value is -3.36. The summed E-state index contributed by atoms with van der Waals surface area (Å²) in [4.78, 5) is 4.76. The molecule has 0 aliphatic carbocycles. The Morgan fingerprint density at radius 3 is 2.07 bits per heavy atom. The summed E-state index contributed by atoms with van der Waals surface area (Å²) in [5.41, 5.74) is 7.04. The van der Waals surface area contributed by atoms with Crippen LogP contribution in [0, 0.1) is 0 Å². The second kappa shape index (κ2) is 6.99. The summed E-state index contributed by atoms with van der Waals surface area (Å²) < 4.78 is 5.99. The van der Waals surface area contributed by atoms with Gasteiger partial charge in [-0.25, -0.2) is 4.98 Å². The first-order valence-electron chi connectivity index (χ1n) is 9.09. The Balaban J connectivity index is 1.57. The van der Waals surface area contributed by atoms with Gasteiger partial charge in [-0.05, 0) is 41.0 Å². The number of para-hydroxylation sites is 1. The predicted molar refractivity (Wildman–Crippen MR) is 115 cm³/mol. The summed E-state index contributed by atoms with van der Waals surface area (Å²) in [5.74, 6) is 0.575. The molecule has 1 heterocycles. The third-order valence-corrected chi connectivity index (χ3v) is 5.03. The van der Waals surface area contributed by atoms with Crippen molar-refractivity contribution in [3.8, 4) is 33.7 Å². The molecule has 28 heavy (non-hydrogen) atoms. The Morgan fingerprint density at radius 1 is 0.607 bits per heavy atom. The molecule has 0 N–H and O–H groups in total. The van der Waals surface area contributed by atoms with Crippen molar-refractivity contribution in [2.75, 3.05) is 0 Å². The van der Waals surface area contributed by atoms with Crippen molar-refractivity contribution < 1.29 is 4.42 Å². The molecule has 0 unspecified atom stereocenters. The number of fused-ring (bicyclic) bond motifs is 1. The van der Waals surface area contributed by atoms with Gasteiger partial charge in [-0.1, -0.05) is 84.4 Å². The lowest BCUT2D eigenvalue weighted by atomic mass is 10.00. The number of nitrogens with zero attached hydrogens (tertiary/aromatic N) is 1. The van der Waals surface area contributed by atoms with E-state index in [0.717, 1.165) is 27.8 Å². The third-order valence-electron chi connectivity index (χ3n) is 4.79. The van der Waals surface area contributed by atoms with Gasteiger partial charge in [0.25, 0.3) is 0 Å². The number of halogens is 1. The van der Waals surface area contributed by atoms with E-state index in [1.165, 1.54) is 11.1 Å². The topological polar surface area (TPSA) is 26.0 Å². The van der Waals surface area contributed by atoms with Crippen molar-refractivity contribution >= 4 is 22.7 Å². The van der Waals surface area contributed by atoms with Crippen molar-refractivity contribution in [2.45, 2.75) is 0 Å². The molecule has 1 aromatic heterocycles. The van der Waals surface area contributed by atoms with Crippen LogP contribution < -0.4 is 0 Å². The molecule has 0 radical (unpaired) electrons. The van der Waals surface area contributed by atoms with Gasteiger partial charge in [0.2, 0.25) is 5.89 Å². The van der Waals surface area contributed by atoms with Gasteiger partial charge in [-0.15, -0.1) is 0 Å². The van der Waals surface area contributed by atoms with E-state index < -0.39 is 0 Å². The van der Waals surface area contributed by atoms with Crippen LogP contribution in [0.2, 0.25) is 5.02 Å². The number of hydrogen-bond donors (Lipinski definition) is 0. The summed E-state index contributed by atoms with van der Waals surface area (Å²) >= 11 is 6.12. The molecular formula is C25H16ClNO. The molecule has 3 heteroatoms. The van der Waals surface area contributed by atoms with Gasteiger partial charge in [-0.2, -0.15) is 0 Å². The molecule has 2 nitrogen and oxygen atoms in total. The molecule has 0 saturated heterocycles. The Bertz CT molecular complexity index is 1260. The number of oxazole rings is 1. The van der Waals surface area contributed by atoms with E-state index in [9.17, 15) is 0 Å². The van der Waals surface area contributed by atoms with E-state index in [4.69, 9.17) is 21.0 Å². The summed E-state index contributed by atoms with van der Waals surface area (Å²) in [6.07, 6.45) is 0. The summed E-state index contributed by atoms with van der Waals surface area (Å²) in [6, 6.07) is 32.5. The Labute approximate surface area is 168 Å². The van der Waals surface area contributed by atoms with Crippen molar-refractivity contribution in [1.82, 2.24) is 4.98 Å². The summed E-state index contributed by atoms with van der Waals surface area (Å²) in [5, 5.41) is 0.663. The quantitative estimate of drug-likeness (QED) is 0.323. The zero-order valence-corrected chi connectivity index (χ0v) is 15.7. The molecule has 0 atom stereocenters. The predicted octanol–water partition coefficient (Wildman–Crippen LogP) is 7.48. The number of rotatable bonds is 3. The van der Waals surface area contributed by atoms with Gasteiger partial charge in [0.05, 0.1) is 0 Å². The minimum atomic E-state index is 0.575. The van der Waals surface area contributed by atoms with Crippen LogP contribution in [-0.2, 0) is 0 Å². The number of aromatic nitrogens is 1. The van der Waals surface area contributed by atoms with Crippen molar-refractivity contribution in [2.24, 2.45) is 0 Å². The second-order valence-electron chi connectivity index (χ2n) is 6.63. The number of benzene rings is 4. The maximum Gasteiger partial charge on any atom is 0.227 e. The maximum absolute atomic E-state index is 6.12. The monoisotopic (exact) mass is 381 g/mol. The first-order valence-corrected chi connectivity index (χ1v) is 9.47. The highest BCUT2D eigenvalue weighted by Crippen LogP contribution is 2.33. The lowest BCUT2D eigenvalue weighted by molar-refractivity contribution is 0.620. The van der Waals surface area contributed by atoms with E-state index in [-0.39, 0.29) is 0 Å². The molecule has 0 amide bonds. The van der Waals surface area contributed by atoms with Crippen molar-refractivity contribution in [3.05, 3.63) is 102 Å². The van der Waals surface area contributed by atoms with Crippen LogP contribution in [0.4, 0.5) is 0 Å². The maximum atomic E-state index is 6.12. The van der Waals surface area contributed by atoms with Crippen LogP contribution in [0.25, 0.3) is 44.8 Å². The fraction of sp³-hybridized carbons (Fsp3) is 0. The smallest absolute Gasteiger partial charge is 0.227 e. The van der Waals surface area contributed by atoms with Crippen LogP contribution in [0.1, 0.15) is 0 Å². The van der Waals surface area contributed by atoms with Crippen molar-refractivity contribution in [1.29, 1.82) is 0 Å². The minimum absolute atomic E-state index is 0.575. The van der Waals surface area contributed by atoms with E-state index in [1.807, 2.05) is 42.5 Å². The fourth-order valence-corrected chi connectivity index (χ4v) is 3.59. The molecule has 5 rings (SSSR count). The lowest BCUT2D eigenvalue weighted by Gasteiger charge is -2.05. The Kier molecular flexibility index (Phi) is 4.19. The van der Waals surface area contributed by atoms with Gasteiger partial charge in [0.15, 0.2) is 5.58 Å². The first-order chi connectivity index (χ1) is 13.8. The first kappa shape index (κ1) is 16.8. The van der Waals surface area contributed by atoms with Gasteiger partial charge >= 0.3 is 0 Å².